The molecule has 0 aliphatic carbocycles. The van der Waals surface area contributed by atoms with Crippen LogP contribution in [0.2, 0.25) is 0 Å². The van der Waals surface area contributed by atoms with Crippen LogP contribution >= 0.6 is 15.9 Å². The number of nitrogens with one attached hydrogen (secondary N) is 1. The molecule has 0 heterocycles. The average molecular weight is 388 g/mol. The molecule has 6 nitrogen and oxygen atoms in total. The largest absolute Gasteiger partial charge is 0.493 e. The summed E-state index contributed by atoms with van der Waals surface area (Å²) in [6.07, 6.45) is 0.843. The third-order valence-corrected chi connectivity index (χ3v) is 4.01. The molecule has 0 aliphatic rings. The highest BCUT2D eigenvalue weighted by Gasteiger charge is 2.15. The Hall–Kier alpha value is -1.76. The van der Waals surface area contributed by atoms with E-state index in [1.54, 1.807) is 12.1 Å². The van der Waals surface area contributed by atoms with Crippen molar-refractivity contribution < 1.29 is 23.8 Å². The zero-order valence-electron chi connectivity index (χ0n) is 13.8. The van der Waals surface area contributed by atoms with Gasteiger partial charge in [-0.25, -0.2) is 0 Å². The van der Waals surface area contributed by atoms with Crippen LogP contribution in [-0.4, -0.2) is 38.7 Å². The average Bonchev–Trinajstić information content (AvgIpc) is 2.54. The first-order valence-corrected chi connectivity index (χ1v) is 8.05. The van der Waals surface area contributed by atoms with Crippen molar-refractivity contribution in [1.29, 1.82) is 0 Å². The number of esters is 1. The highest BCUT2D eigenvalue weighted by molar-refractivity contribution is 9.10. The summed E-state index contributed by atoms with van der Waals surface area (Å²) in [4.78, 5) is 23.5. The predicted octanol–water partition coefficient (Wildman–Crippen LogP) is 2.47. The van der Waals surface area contributed by atoms with Crippen LogP contribution in [0.1, 0.15) is 25.8 Å². The van der Waals surface area contributed by atoms with Gasteiger partial charge < -0.3 is 19.5 Å². The second kappa shape index (κ2) is 9.39. The van der Waals surface area contributed by atoms with Gasteiger partial charge in [0.1, 0.15) is 0 Å². The van der Waals surface area contributed by atoms with Crippen molar-refractivity contribution >= 4 is 27.8 Å². The minimum absolute atomic E-state index is 0.0253. The molecule has 1 atom stereocenters. The van der Waals surface area contributed by atoms with Crippen LogP contribution in [-0.2, 0) is 20.7 Å². The Balaban J connectivity index is 2.62. The first-order valence-electron chi connectivity index (χ1n) is 7.26. The van der Waals surface area contributed by atoms with Crippen molar-refractivity contribution in [1.82, 2.24) is 5.32 Å². The SMILES string of the molecule is CC[C@H](C)NC(=O)COC(=O)Cc1cc(OC)c(OC)cc1Br. The number of carbonyl (C=O) groups is 2. The first-order chi connectivity index (χ1) is 10.9. The van der Waals surface area contributed by atoms with Gasteiger partial charge >= 0.3 is 5.97 Å². The highest BCUT2D eigenvalue weighted by atomic mass is 79.9. The molecule has 128 valence electrons. The summed E-state index contributed by atoms with van der Waals surface area (Å²) in [7, 11) is 3.06. The standard InChI is InChI=1S/C16H22BrNO5/c1-5-10(2)18-15(19)9-23-16(20)7-11-6-13(21-3)14(22-4)8-12(11)17/h6,8,10H,5,7,9H2,1-4H3,(H,18,19)/t10-/m0/s1. The molecular weight excluding hydrogens is 366 g/mol. The summed E-state index contributed by atoms with van der Waals surface area (Å²) in [5.74, 6) is 0.286. The van der Waals surface area contributed by atoms with E-state index >= 15 is 0 Å². The minimum atomic E-state index is -0.489. The summed E-state index contributed by atoms with van der Waals surface area (Å²) in [6.45, 7) is 3.57. The van der Waals surface area contributed by atoms with E-state index in [1.807, 2.05) is 13.8 Å². The van der Waals surface area contributed by atoms with E-state index in [0.717, 1.165) is 6.42 Å². The maximum atomic E-state index is 11.9. The fourth-order valence-corrected chi connectivity index (χ4v) is 2.27. The monoisotopic (exact) mass is 387 g/mol. The van der Waals surface area contributed by atoms with Crippen LogP contribution in [0.4, 0.5) is 0 Å². The van der Waals surface area contributed by atoms with Gasteiger partial charge in [0.05, 0.1) is 20.6 Å². The molecule has 0 saturated carbocycles. The minimum Gasteiger partial charge on any atom is -0.493 e. The molecule has 23 heavy (non-hydrogen) atoms. The third kappa shape index (κ3) is 6.09. The molecule has 0 unspecified atom stereocenters. The number of hydrogen-bond donors (Lipinski definition) is 1. The number of benzene rings is 1. The summed E-state index contributed by atoms with van der Waals surface area (Å²) in [5.41, 5.74) is 0.690. The molecule has 0 fully saturated rings. The van der Waals surface area contributed by atoms with E-state index in [2.05, 4.69) is 21.2 Å². The van der Waals surface area contributed by atoms with Crippen molar-refractivity contribution in [3.63, 3.8) is 0 Å². The van der Waals surface area contributed by atoms with E-state index in [9.17, 15) is 9.59 Å². The smallest absolute Gasteiger partial charge is 0.310 e. The van der Waals surface area contributed by atoms with Crippen LogP contribution in [0.5, 0.6) is 11.5 Å². The Morgan fingerprint density at radius 2 is 1.83 bits per heavy atom. The van der Waals surface area contributed by atoms with Gasteiger partial charge in [0, 0.05) is 10.5 Å². The Labute approximate surface area is 144 Å². The van der Waals surface area contributed by atoms with E-state index in [-0.39, 0.29) is 25.0 Å². The maximum Gasteiger partial charge on any atom is 0.310 e. The zero-order valence-corrected chi connectivity index (χ0v) is 15.4. The molecule has 0 aliphatic heterocycles. The Bertz CT molecular complexity index is 562. The van der Waals surface area contributed by atoms with Crippen LogP contribution in [0, 0.1) is 0 Å². The van der Waals surface area contributed by atoms with Crippen molar-refractivity contribution in [2.24, 2.45) is 0 Å². The van der Waals surface area contributed by atoms with Gasteiger partial charge in [-0.2, -0.15) is 0 Å². The lowest BCUT2D eigenvalue weighted by Gasteiger charge is -2.13. The number of halogens is 1. The zero-order chi connectivity index (χ0) is 17.4. The quantitative estimate of drug-likeness (QED) is 0.693. The molecule has 1 rings (SSSR count). The van der Waals surface area contributed by atoms with E-state index in [1.165, 1.54) is 14.2 Å². The van der Waals surface area contributed by atoms with Crippen LogP contribution in [0.15, 0.2) is 16.6 Å². The van der Waals surface area contributed by atoms with Crippen molar-refractivity contribution in [3.8, 4) is 11.5 Å². The van der Waals surface area contributed by atoms with E-state index in [0.29, 0.717) is 21.5 Å². The van der Waals surface area contributed by atoms with Gasteiger partial charge in [-0.3, -0.25) is 9.59 Å². The first kappa shape index (κ1) is 19.3. The topological polar surface area (TPSA) is 73.9 Å². The molecular formula is C16H22BrNO5. The number of hydrogen-bond acceptors (Lipinski definition) is 5. The van der Waals surface area contributed by atoms with Gasteiger partial charge in [-0.05, 0) is 31.0 Å². The predicted molar refractivity (Wildman–Crippen MR) is 89.8 cm³/mol. The molecule has 0 aromatic heterocycles. The summed E-state index contributed by atoms with van der Waals surface area (Å²) in [5, 5.41) is 2.73. The molecule has 0 radical (unpaired) electrons. The Kier molecular flexibility index (Phi) is 7.88. The van der Waals surface area contributed by atoms with Crippen molar-refractivity contribution in [2.45, 2.75) is 32.7 Å². The summed E-state index contributed by atoms with van der Waals surface area (Å²) >= 11 is 3.38. The summed E-state index contributed by atoms with van der Waals surface area (Å²) < 4.78 is 16.1. The fourth-order valence-electron chi connectivity index (χ4n) is 1.80. The van der Waals surface area contributed by atoms with Crippen LogP contribution in [0.3, 0.4) is 0 Å². The van der Waals surface area contributed by atoms with Gasteiger partial charge in [-0.15, -0.1) is 0 Å². The Morgan fingerprint density at radius 1 is 1.22 bits per heavy atom. The van der Waals surface area contributed by atoms with E-state index in [4.69, 9.17) is 14.2 Å². The molecule has 1 N–H and O–H groups in total. The highest BCUT2D eigenvalue weighted by Crippen LogP contribution is 2.33. The number of carbonyl (C=O) groups excluding carboxylic acids is 2. The molecule has 0 spiro atoms. The van der Waals surface area contributed by atoms with Crippen LogP contribution in [0.25, 0.3) is 0 Å². The number of methoxy groups -OCH3 is 2. The van der Waals surface area contributed by atoms with Gasteiger partial charge in [0.25, 0.3) is 5.91 Å². The van der Waals surface area contributed by atoms with Crippen molar-refractivity contribution in [2.75, 3.05) is 20.8 Å². The normalized spacial score (nSPS) is 11.5. The molecule has 0 saturated heterocycles. The lowest BCUT2D eigenvalue weighted by Crippen LogP contribution is -2.35. The molecule has 7 heteroatoms. The Morgan fingerprint density at radius 3 is 2.39 bits per heavy atom. The molecule has 1 aromatic carbocycles. The van der Waals surface area contributed by atoms with Gasteiger partial charge in [0.2, 0.25) is 0 Å². The van der Waals surface area contributed by atoms with Crippen molar-refractivity contribution in [3.05, 3.63) is 22.2 Å². The second-order valence-electron chi connectivity index (χ2n) is 5.01. The van der Waals surface area contributed by atoms with Gasteiger partial charge in [-0.1, -0.05) is 22.9 Å². The molecule has 1 aromatic rings. The molecule has 1 amide bonds. The molecule has 0 bridgehead atoms. The number of amides is 1. The third-order valence-electron chi connectivity index (χ3n) is 3.27. The van der Waals surface area contributed by atoms with Crippen LogP contribution < -0.4 is 14.8 Å². The number of rotatable bonds is 8. The maximum absolute atomic E-state index is 11.9. The van der Waals surface area contributed by atoms with Gasteiger partial charge in [0.15, 0.2) is 18.1 Å². The lowest BCUT2D eigenvalue weighted by atomic mass is 10.1. The second-order valence-corrected chi connectivity index (χ2v) is 5.87. The number of ether oxygens (including phenoxy) is 3. The summed E-state index contributed by atoms with van der Waals surface area (Å²) in [6, 6.07) is 3.47. The lowest BCUT2D eigenvalue weighted by molar-refractivity contribution is -0.148. The fraction of sp³-hybridized carbons (Fsp3) is 0.500. The van der Waals surface area contributed by atoms with E-state index < -0.39 is 5.97 Å².